The van der Waals surface area contributed by atoms with E-state index in [4.69, 9.17) is 9.05 Å². The molecule has 0 heterocycles. The van der Waals surface area contributed by atoms with Gasteiger partial charge in [-0.05, 0) is 12.1 Å². The zero-order valence-corrected chi connectivity index (χ0v) is 23.6. The summed E-state index contributed by atoms with van der Waals surface area (Å²) in [5.41, 5.74) is 0. The minimum Gasteiger partial charge on any atom is -0.872 e. The van der Waals surface area contributed by atoms with Crippen LogP contribution in [0, 0.1) is 6.07 Å². The molecule has 0 saturated heterocycles. The van der Waals surface area contributed by atoms with Crippen LogP contribution in [0.15, 0.2) is 12.1 Å². The molecule has 0 fully saturated rings. The second-order valence-electron chi connectivity index (χ2n) is 11.0. The normalized spacial score (nSPS) is 13.0. The predicted octanol–water partition coefficient (Wildman–Crippen LogP) is 7.73. The number of hydrogen-bond acceptors (Lipinski definition) is 3. The van der Waals surface area contributed by atoms with E-state index in [1.165, 1.54) is 12.1 Å². The summed E-state index contributed by atoms with van der Waals surface area (Å²) in [4.78, 5) is 0. The van der Waals surface area contributed by atoms with Gasteiger partial charge in [-0.1, -0.05) is 83.1 Å². The Balaban J connectivity index is 0. The van der Waals surface area contributed by atoms with Gasteiger partial charge in [-0.2, -0.15) is 0 Å². The Morgan fingerprint density at radius 3 is 1.10 bits per heavy atom. The van der Waals surface area contributed by atoms with Gasteiger partial charge in [0.25, 0.3) is 0 Å². The summed E-state index contributed by atoms with van der Waals surface area (Å²) in [7, 11) is -1.66. The van der Waals surface area contributed by atoms with Crippen molar-refractivity contribution in [3.8, 4) is 17.2 Å². The van der Waals surface area contributed by atoms with E-state index in [0.717, 1.165) is 0 Å². The van der Waals surface area contributed by atoms with Gasteiger partial charge in [-0.3, -0.25) is 0 Å². The second kappa shape index (κ2) is 10.7. The molecule has 0 aliphatic carbocycles. The summed E-state index contributed by atoms with van der Waals surface area (Å²) in [6.07, 6.45) is 0. The topological polar surface area (TPSA) is 41.5 Å². The van der Waals surface area contributed by atoms with Crippen molar-refractivity contribution in [2.75, 3.05) is 0 Å². The van der Waals surface area contributed by atoms with Crippen molar-refractivity contribution in [1.82, 2.24) is 0 Å². The Labute approximate surface area is 198 Å². The minimum atomic E-state index is -0.830. The van der Waals surface area contributed by atoms with Crippen molar-refractivity contribution in [2.45, 2.75) is 104 Å². The zero-order valence-electron chi connectivity index (χ0n) is 20.0. The Morgan fingerprint density at radius 1 is 0.655 bits per heavy atom. The average Bonchev–Trinajstić information content (AvgIpc) is 2.36. The summed E-state index contributed by atoms with van der Waals surface area (Å²) in [6.45, 7) is 26.2. The molecular formula is C22H39ClNiO3P2-. The smallest absolute Gasteiger partial charge is 0.134 e. The van der Waals surface area contributed by atoms with Crippen LogP contribution in [0.4, 0.5) is 0 Å². The fraction of sp³-hybridized carbons (Fsp3) is 0.727. The molecular weight excluding hydrogens is 468 g/mol. The van der Waals surface area contributed by atoms with Gasteiger partial charge in [-0.25, -0.2) is 0 Å². The van der Waals surface area contributed by atoms with E-state index in [0.29, 0.717) is 11.5 Å². The number of halogens is 1. The molecule has 1 aromatic rings. The third kappa shape index (κ3) is 9.95. The molecule has 1 aromatic carbocycles. The summed E-state index contributed by atoms with van der Waals surface area (Å²) in [5, 5.41) is 12.3. The fourth-order valence-corrected chi connectivity index (χ4v) is 9.06. The Morgan fingerprint density at radius 2 is 0.897 bits per heavy atom. The predicted molar refractivity (Wildman–Crippen MR) is 126 cm³/mol. The monoisotopic (exact) mass is 506 g/mol. The first-order valence-corrected chi connectivity index (χ1v) is 12.0. The quantitative estimate of drug-likeness (QED) is 0.309. The molecule has 0 aliphatic heterocycles. The van der Waals surface area contributed by atoms with Crippen molar-refractivity contribution in [3.05, 3.63) is 18.2 Å². The maximum absolute atomic E-state index is 12.3. The van der Waals surface area contributed by atoms with E-state index in [-0.39, 0.29) is 55.3 Å². The van der Waals surface area contributed by atoms with E-state index < -0.39 is 16.3 Å². The zero-order chi connectivity index (χ0) is 21.4. The average molecular weight is 508 g/mol. The summed E-state index contributed by atoms with van der Waals surface area (Å²) < 4.78 is 12.7. The summed E-state index contributed by atoms with van der Waals surface area (Å²) in [5.74, 6) is 0.881. The fourth-order valence-electron chi connectivity index (χ4n) is 3.35. The SMILES string of the molecule is CC(C)(C)P(Oc1[c]c(OP(C(C)(C)C)C(C)(C)C)cc([O-])c1)C(C)(C)C.Cl.[Ni]. The van der Waals surface area contributed by atoms with E-state index in [9.17, 15) is 5.11 Å². The molecule has 0 unspecified atom stereocenters. The standard InChI is InChI=1S/C22H39O3P2.ClH.Ni/c1-19(2,3)26(20(4,5)6)24-17-13-16(23)14-18(15-17)25-27(21(7,8)9)22(10,11)12;;/h13-14,23H,1-12H3;1H;/p-1. The van der Waals surface area contributed by atoms with Gasteiger partial charge in [0, 0.05) is 37.1 Å². The molecule has 1 rings (SSSR count). The van der Waals surface area contributed by atoms with Crippen molar-refractivity contribution >= 4 is 28.7 Å². The molecule has 0 aliphatic rings. The van der Waals surface area contributed by atoms with Crippen LogP contribution in [0.25, 0.3) is 0 Å². The van der Waals surface area contributed by atoms with Crippen molar-refractivity contribution < 1.29 is 30.6 Å². The molecule has 0 atom stereocenters. The van der Waals surface area contributed by atoms with Crippen molar-refractivity contribution in [2.24, 2.45) is 0 Å². The first kappa shape index (κ1) is 31.4. The van der Waals surface area contributed by atoms with Gasteiger partial charge < -0.3 is 14.2 Å². The van der Waals surface area contributed by atoms with Gasteiger partial charge in [-0.15, -0.1) is 18.2 Å². The van der Waals surface area contributed by atoms with Gasteiger partial charge in [0.1, 0.15) is 11.5 Å². The van der Waals surface area contributed by atoms with Crippen LogP contribution in [0.3, 0.4) is 0 Å². The molecule has 0 saturated carbocycles. The van der Waals surface area contributed by atoms with Crippen molar-refractivity contribution in [3.63, 3.8) is 0 Å². The summed E-state index contributed by atoms with van der Waals surface area (Å²) >= 11 is 0. The molecule has 173 valence electrons. The van der Waals surface area contributed by atoms with E-state index in [1.807, 2.05) is 0 Å². The van der Waals surface area contributed by atoms with E-state index in [2.05, 4.69) is 89.2 Å². The molecule has 1 radical (unpaired) electrons. The van der Waals surface area contributed by atoms with Gasteiger partial charge in [0.05, 0.1) is 22.4 Å². The molecule has 0 aromatic heterocycles. The van der Waals surface area contributed by atoms with Crippen LogP contribution in [0.2, 0.25) is 0 Å². The van der Waals surface area contributed by atoms with Crippen LogP contribution < -0.4 is 14.2 Å². The van der Waals surface area contributed by atoms with E-state index in [1.54, 1.807) is 0 Å². The Hall–Kier alpha value is 0.264. The summed E-state index contributed by atoms with van der Waals surface area (Å²) in [6, 6.07) is 6.27. The van der Waals surface area contributed by atoms with Crippen molar-refractivity contribution in [1.29, 1.82) is 0 Å². The molecule has 29 heavy (non-hydrogen) atoms. The maximum Gasteiger partial charge on any atom is 0.134 e. The van der Waals surface area contributed by atoms with E-state index >= 15 is 0 Å². The van der Waals surface area contributed by atoms with Gasteiger partial charge in [0.15, 0.2) is 0 Å². The first-order chi connectivity index (χ1) is 11.8. The van der Waals surface area contributed by atoms with Crippen LogP contribution >= 0.6 is 28.7 Å². The van der Waals surface area contributed by atoms with Crippen LogP contribution in [0.1, 0.15) is 83.1 Å². The van der Waals surface area contributed by atoms with Crippen LogP contribution in [-0.2, 0) is 16.5 Å². The van der Waals surface area contributed by atoms with Gasteiger partial charge >= 0.3 is 0 Å². The number of hydrogen-bond donors (Lipinski definition) is 0. The molecule has 0 N–H and O–H groups in total. The molecule has 0 amide bonds. The third-order valence-corrected chi connectivity index (χ3v) is 9.24. The largest absolute Gasteiger partial charge is 0.872 e. The molecule has 0 bridgehead atoms. The van der Waals surface area contributed by atoms with Crippen LogP contribution in [0.5, 0.6) is 17.2 Å². The van der Waals surface area contributed by atoms with Gasteiger partial charge in [0.2, 0.25) is 0 Å². The van der Waals surface area contributed by atoms with Crippen LogP contribution in [-0.4, -0.2) is 20.6 Å². The second-order valence-corrected chi connectivity index (χ2v) is 17.9. The maximum atomic E-state index is 12.3. The first-order valence-electron chi connectivity index (χ1n) is 9.53. The number of rotatable bonds is 4. The molecule has 0 spiro atoms. The molecule has 7 heteroatoms. The Bertz CT molecular complexity index is 561. The Kier molecular flexibility index (Phi) is 11.6. The number of benzene rings is 1. The third-order valence-electron chi connectivity index (χ3n) is 3.61. The minimum absolute atomic E-state index is 0. The molecule has 3 nitrogen and oxygen atoms in total.